The minimum absolute atomic E-state index is 0.0734. The lowest BCUT2D eigenvalue weighted by molar-refractivity contribution is 0.0448. The maximum absolute atomic E-state index is 5.68. The summed E-state index contributed by atoms with van der Waals surface area (Å²) in [6.45, 7) is 7.71. The molecule has 0 saturated heterocycles. The van der Waals surface area contributed by atoms with E-state index < -0.39 is 0 Å². The fourth-order valence-corrected chi connectivity index (χ4v) is 2.00. The predicted octanol–water partition coefficient (Wildman–Crippen LogP) is 1.50. The summed E-state index contributed by atoms with van der Waals surface area (Å²) >= 11 is 0. The van der Waals surface area contributed by atoms with E-state index >= 15 is 0 Å². The summed E-state index contributed by atoms with van der Waals surface area (Å²) in [5, 5.41) is 7.65. The van der Waals surface area contributed by atoms with Gasteiger partial charge in [0.2, 0.25) is 0 Å². The lowest BCUT2D eigenvalue weighted by atomic mass is 10.1. The van der Waals surface area contributed by atoms with Gasteiger partial charge < -0.3 is 14.8 Å². The minimum atomic E-state index is 0.0734. The third-order valence-electron chi connectivity index (χ3n) is 2.79. The Labute approximate surface area is 103 Å². The smallest absolute Gasteiger partial charge is 0.161 e. The first-order valence-electron chi connectivity index (χ1n) is 6.06. The van der Waals surface area contributed by atoms with Gasteiger partial charge in [-0.15, -0.1) is 0 Å². The molecular weight excluding hydrogens is 218 g/mol. The third-order valence-corrected chi connectivity index (χ3v) is 2.79. The summed E-state index contributed by atoms with van der Waals surface area (Å²) in [4.78, 5) is 0. The van der Waals surface area contributed by atoms with E-state index in [9.17, 15) is 0 Å². The fourth-order valence-electron chi connectivity index (χ4n) is 2.00. The maximum Gasteiger partial charge on any atom is 0.161 e. The molecule has 5 nitrogen and oxygen atoms in total. The molecule has 0 bridgehead atoms. The summed E-state index contributed by atoms with van der Waals surface area (Å²) in [6, 6.07) is 0.0856. The van der Waals surface area contributed by atoms with Crippen LogP contribution in [0.3, 0.4) is 0 Å². The quantitative estimate of drug-likeness (QED) is 0.786. The van der Waals surface area contributed by atoms with Crippen molar-refractivity contribution in [1.82, 2.24) is 15.1 Å². The van der Waals surface area contributed by atoms with E-state index in [2.05, 4.69) is 24.3 Å². The molecule has 1 aromatic heterocycles. The Morgan fingerprint density at radius 1 is 1.47 bits per heavy atom. The average molecular weight is 241 g/mol. The number of nitrogens with one attached hydrogen (secondary N) is 1. The van der Waals surface area contributed by atoms with Crippen LogP contribution in [-0.2, 0) is 11.8 Å². The molecule has 98 valence electrons. The van der Waals surface area contributed by atoms with Gasteiger partial charge in [0.25, 0.3) is 0 Å². The van der Waals surface area contributed by atoms with Gasteiger partial charge >= 0.3 is 0 Å². The number of likely N-dealkylation sites (N-methyl/N-ethyl adjacent to an activating group) is 1. The number of methoxy groups -OCH3 is 1. The highest BCUT2D eigenvalue weighted by molar-refractivity contribution is 5.29. The first-order valence-corrected chi connectivity index (χ1v) is 6.06. The van der Waals surface area contributed by atoms with E-state index in [-0.39, 0.29) is 12.1 Å². The third kappa shape index (κ3) is 3.20. The molecule has 0 aliphatic heterocycles. The average Bonchev–Trinajstić information content (AvgIpc) is 2.67. The van der Waals surface area contributed by atoms with E-state index in [0.29, 0.717) is 6.61 Å². The van der Waals surface area contributed by atoms with Gasteiger partial charge in [0, 0.05) is 13.7 Å². The Kier molecular flexibility index (Phi) is 5.44. The van der Waals surface area contributed by atoms with Crippen LogP contribution < -0.4 is 10.1 Å². The number of aryl methyl sites for hydroxylation is 1. The molecule has 0 fully saturated rings. The van der Waals surface area contributed by atoms with E-state index in [1.807, 2.05) is 18.7 Å². The van der Waals surface area contributed by atoms with Crippen molar-refractivity contribution in [3.8, 4) is 5.75 Å². The highest BCUT2D eigenvalue weighted by Gasteiger charge is 2.25. The SMILES string of the molecule is CCNC(c1c(OC)cnn1C)C(C)OCC. The highest BCUT2D eigenvalue weighted by atomic mass is 16.5. The van der Waals surface area contributed by atoms with Crippen molar-refractivity contribution in [2.45, 2.75) is 32.9 Å². The second-order valence-electron chi connectivity index (χ2n) is 3.92. The zero-order valence-corrected chi connectivity index (χ0v) is 11.4. The lowest BCUT2D eigenvalue weighted by Crippen LogP contribution is -2.33. The number of rotatable bonds is 7. The van der Waals surface area contributed by atoms with E-state index in [1.54, 1.807) is 13.3 Å². The highest BCUT2D eigenvalue weighted by Crippen LogP contribution is 2.27. The summed E-state index contributed by atoms with van der Waals surface area (Å²) in [5.74, 6) is 0.796. The Morgan fingerprint density at radius 2 is 2.18 bits per heavy atom. The van der Waals surface area contributed by atoms with Crippen molar-refractivity contribution in [1.29, 1.82) is 0 Å². The Balaban J connectivity index is 2.99. The molecule has 17 heavy (non-hydrogen) atoms. The molecule has 0 spiro atoms. The van der Waals surface area contributed by atoms with Crippen LogP contribution in [0.2, 0.25) is 0 Å². The molecular formula is C12H23N3O2. The van der Waals surface area contributed by atoms with Crippen molar-refractivity contribution < 1.29 is 9.47 Å². The van der Waals surface area contributed by atoms with Crippen molar-refractivity contribution in [3.05, 3.63) is 11.9 Å². The molecule has 0 saturated carbocycles. The molecule has 0 radical (unpaired) electrons. The first kappa shape index (κ1) is 14.0. The molecule has 0 aromatic carbocycles. The van der Waals surface area contributed by atoms with Crippen molar-refractivity contribution in [2.75, 3.05) is 20.3 Å². The van der Waals surface area contributed by atoms with Crippen LogP contribution in [0.25, 0.3) is 0 Å². The Bertz CT molecular complexity index is 338. The molecule has 1 N–H and O–H groups in total. The molecule has 1 rings (SSSR count). The molecule has 0 amide bonds. The zero-order valence-electron chi connectivity index (χ0n) is 11.4. The van der Waals surface area contributed by atoms with E-state index in [0.717, 1.165) is 18.0 Å². The van der Waals surface area contributed by atoms with Gasteiger partial charge in [-0.2, -0.15) is 5.10 Å². The molecule has 1 aromatic rings. The normalized spacial score (nSPS) is 14.6. The maximum atomic E-state index is 5.68. The van der Waals surface area contributed by atoms with Crippen LogP contribution >= 0.6 is 0 Å². The van der Waals surface area contributed by atoms with Gasteiger partial charge in [0.15, 0.2) is 5.75 Å². The molecule has 0 aliphatic rings. The molecule has 5 heteroatoms. The molecule has 2 unspecified atom stereocenters. The van der Waals surface area contributed by atoms with Crippen LogP contribution in [0.15, 0.2) is 6.20 Å². The summed E-state index contributed by atoms with van der Waals surface area (Å²) in [5.41, 5.74) is 1.02. The first-order chi connectivity index (χ1) is 8.15. The largest absolute Gasteiger partial charge is 0.493 e. The number of aromatic nitrogens is 2. The second kappa shape index (κ2) is 6.61. The topological polar surface area (TPSA) is 48.3 Å². The molecule has 1 heterocycles. The number of nitrogens with zero attached hydrogens (tertiary/aromatic N) is 2. The van der Waals surface area contributed by atoms with Crippen molar-refractivity contribution in [2.24, 2.45) is 7.05 Å². The Hall–Kier alpha value is -1.07. The van der Waals surface area contributed by atoms with Crippen LogP contribution in [0.4, 0.5) is 0 Å². The van der Waals surface area contributed by atoms with E-state index in [1.165, 1.54) is 0 Å². The fraction of sp³-hybridized carbons (Fsp3) is 0.750. The van der Waals surface area contributed by atoms with Gasteiger partial charge in [-0.25, -0.2) is 0 Å². The number of hydrogen-bond donors (Lipinski definition) is 1. The van der Waals surface area contributed by atoms with Gasteiger partial charge in [-0.3, -0.25) is 4.68 Å². The molecule has 2 atom stereocenters. The zero-order chi connectivity index (χ0) is 12.8. The predicted molar refractivity (Wildman–Crippen MR) is 67.3 cm³/mol. The second-order valence-corrected chi connectivity index (χ2v) is 3.92. The monoisotopic (exact) mass is 241 g/mol. The van der Waals surface area contributed by atoms with Crippen LogP contribution in [0.1, 0.15) is 32.5 Å². The minimum Gasteiger partial charge on any atom is -0.493 e. The van der Waals surface area contributed by atoms with Gasteiger partial charge in [0.05, 0.1) is 31.1 Å². The standard InChI is InChI=1S/C12H23N3O2/c1-6-13-11(9(3)17-7-2)12-10(16-5)8-14-15(12)4/h8-9,11,13H,6-7H2,1-5H3. The van der Waals surface area contributed by atoms with E-state index in [4.69, 9.17) is 9.47 Å². The van der Waals surface area contributed by atoms with Gasteiger partial charge in [-0.1, -0.05) is 6.92 Å². The summed E-state index contributed by atoms with van der Waals surface area (Å²) < 4.78 is 12.9. The van der Waals surface area contributed by atoms with Gasteiger partial charge in [0.1, 0.15) is 0 Å². The van der Waals surface area contributed by atoms with Crippen molar-refractivity contribution in [3.63, 3.8) is 0 Å². The summed E-state index contributed by atoms with van der Waals surface area (Å²) in [6.07, 6.45) is 1.81. The molecule has 0 aliphatic carbocycles. The van der Waals surface area contributed by atoms with Crippen molar-refractivity contribution >= 4 is 0 Å². The van der Waals surface area contributed by atoms with Crippen LogP contribution in [0.5, 0.6) is 5.75 Å². The van der Waals surface area contributed by atoms with Crippen LogP contribution in [-0.4, -0.2) is 36.1 Å². The van der Waals surface area contributed by atoms with Crippen LogP contribution in [0, 0.1) is 0 Å². The van der Waals surface area contributed by atoms with Gasteiger partial charge in [-0.05, 0) is 20.4 Å². The number of hydrogen-bond acceptors (Lipinski definition) is 4. The lowest BCUT2D eigenvalue weighted by Gasteiger charge is -2.25. The number of ether oxygens (including phenoxy) is 2. The Morgan fingerprint density at radius 3 is 2.71 bits per heavy atom. The summed E-state index contributed by atoms with van der Waals surface area (Å²) in [7, 11) is 3.58.